The number of unbranched alkanes of at least 4 members (excludes halogenated alkanes) is 1. The molecule has 0 spiro atoms. The second-order valence-corrected chi connectivity index (χ2v) is 7.29. The Labute approximate surface area is 191 Å². The van der Waals surface area contributed by atoms with Gasteiger partial charge in [0.25, 0.3) is 0 Å². The van der Waals surface area contributed by atoms with E-state index in [4.69, 9.17) is 4.74 Å². The van der Waals surface area contributed by atoms with Crippen LogP contribution < -0.4 is 10.6 Å². The zero-order valence-corrected chi connectivity index (χ0v) is 20.0. The van der Waals surface area contributed by atoms with E-state index in [-0.39, 0.29) is 24.0 Å². The van der Waals surface area contributed by atoms with Crippen LogP contribution in [0.25, 0.3) is 0 Å². The molecule has 0 saturated carbocycles. The molecule has 2 rings (SSSR count). The van der Waals surface area contributed by atoms with Crippen LogP contribution in [-0.4, -0.2) is 31.6 Å². The van der Waals surface area contributed by atoms with Gasteiger partial charge < -0.3 is 15.4 Å². The maximum absolute atomic E-state index is 5.91. The zero-order valence-electron chi connectivity index (χ0n) is 16.8. The lowest BCUT2D eigenvalue weighted by Crippen LogP contribution is -2.37. The van der Waals surface area contributed by atoms with Crippen molar-refractivity contribution in [1.82, 2.24) is 10.6 Å². The van der Waals surface area contributed by atoms with E-state index >= 15 is 0 Å². The first-order valence-corrected chi connectivity index (χ1v) is 10.8. The molecule has 0 bridgehead atoms. The van der Waals surface area contributed by atoms with Gasteiger partial charge in [-0.15, -0.1) is 24.0 Å². The van der Waals surface area contributed by atoms with Crippen LogP contribution in [0.15, 0.2) is 59.6 Å². The first kappa shape index (κ1) is 24.8. The molecule has 0 fully saturated rings. The number of rotatable bonds is 11. The molecule has 4 nitrogen and oxygen atoms in total. The number of nitrogens with zero attached hydrogens (tertiary/aromatic N) is 1. The van der Waals surface area contributed by atoms with E-state index in [0.29, 0.717) is 13.2 Å². The van der Waals surface area contributed by atoms with E-state index in [2.05, 4.69) is 58.3 Å². The Morgan fingerprint density at radius 3 is 2.36 bits per heavy atom. The lowest BCUT2D eigenvalue weighted by molar-refractivity contribution is 0.106. The Balaban J connectivity index is 0.00000392. The van der Waals surface area contributed by atoms with Gasteiger partial charge in [-0.2, -0.15) is 11.8 Å². The summed E-state index contributed by atoms with van der Waals surface area (Å²) in [6.07, 6.45) is 4.53. The van der Waals surface area contributed by atoms with Gasteiger partial charge in [-0.05, 0) is 41.5 Å². The van der Waals surface area contributed by atoms with Crippen LogP contribution >= 0.6 is 35.7 Å². The summed E-state index contributed by atoms with van der Waals surface area (Å²) in [5, 5.41) is 6.78. The lowest BCUT2D eigenvalue weighted by Gasteiger charge is -2.14. The quantitative estimate of drug-likeness (QED) is 0.196. The molecular formula is C22H32IN3OS. The van der Waals surface area contributed by atoms with Crippen molar-refractivity contribution in [3.05, 3.63) is 71.3 Å². The smallest absolute Gasteiger partial charge is 0.191 e. The Kier molecular flexibility index (Phi) is 13.9. The summed E-state index contributed by atoms with van der Waals surface area (Å²) >= 11 is 1.89. The molecule has 2 N–H and O–H groups in total. The average molecular weight is 513 g/mol. The predicted octanol–water partition coefficient (Wildman–Crippen LogP) is 4.83. The molecule has 0 heterocycles. The largest absolute Gasteiger partial charge is 0.372 e. The topological polar surface area (TPSA) is 45.7 Å². The highest BCUT2D eigenvalue weighted by Crippen LogP contribution is 2.11. The summed E-state index contributed by atoms with van der Waals surface area (Å²) in [6, 6.07) is 18.7. The molecule has 0 radical (unpaired) electrons. The Bertz CT molecular complexity index is 682. The number of benzene rings is 2. The second-order valence-electron chi connectivity index (χ2n) is 6.30. The molecule has 0 atom stereocenters. The van der Waals surface area contributed by atoms with Gasteiger partial charge in [0, 0.05) is 20.1 Å². The molecule has 2 aromatic rings. The first-order valence-electron chi connectivity index (χ1n) is 9.45. The minimum atomic E-state index is 0. The third-order valence-corrected chi connectivity index (χ3v) is 4.92. The number of hydrogen-bond donors (Lipinski definition) is 2. The molecule has 28 heavy (non-hydrogen) atoms. The highest BCUT2D eigenvalue weighted by Gasteiger charge is 2.04. The predicted molar refractivity (Wildman–Crippen MR) is 133 cm³/mol. The van der Waals surface area contributed by atoms with Crippen molar-refractivity contribution in [1.29, 1.82) is 0 Å². The van der Waals surface area contributed by atoms with E-state index in [9.17, 15) is 0 Å². The fourth-order valence-corrected chi connectivity index (χ4v) is 3.19. The maximum Gasteiger partial charge on any atom is 0.191 e. The van der Waals surface area contributed by atoms with E-state index in [0.717, 1.165) is 25.5 Å². The highest BCUT2D eigenvalue weighted by molar-refractivity contribution is 14.0. The molecule has 2 aromatic carbocycles. The van der Waals surface area contributed by atoms with Crippen LogP contribution in [-0.2, 0) is 24.5 Å². The van der Waals surface area contributed by atoms with E-state index < -0.39 is 0 Å². The molecule has 0 unspecified atom stereocenters. The van der Waals surface area contributed by atoms with Gasteiger partial charge in [0.1, 0.15) is 0 Å². The summed E-state index contributed by atoms with van der Waals surface area (Å²) in [6.45, 7) is 2.91. The Morgan fingerprint density at radius 1 is 0.929 bits per heavy atom. The Hall–Kier alpha value is -1.25. The number of aliphatic imine (C=N–C) groups is 1. The number of nitrogens with one attached hydrogen (secondary N) is 2. The number of hydrogen-bond acceptors (Lipinski definition) is 3. The number of thioether (sulfide) groups is 1. The Morgan fingerprint density at radius 2 is 1.64 bits per heavy atom. The summed E-state index contributed by atoms with van der Waals surface area (Å²) in [5.41, 5.74) is 3.63. The van der Waals surface area contributed by atoms with Gasteiger partial charge in [-0.3, -0.25) is 4.99 Å². The van der Waals surface area contributed by atoms with E-state index in [1.54, 1.807) is 0 Å². The first-order chi connectivity index (χ1) is 13.3. The van der Waals surface area contributed by atoms with Crippen molar-refractivity contribution >= 4 is 41.7 Å². The molecular weight excluding hydrogens is 481 g/mol. The fourth-order valence-electron chi connectivity index (χ4n) is 2.70. The number of halogens is 1. The van der Waals surface area contributed by atoms with Gasteiger partial charge in [0.05, 0.1) is 13.2 Å². The van der Waals surface area contributed by atoms with Crippen LogP contribution in [0.4, 0.5) is 0 Å². The van der Waals surface area contributed by atoms with Crippen LogP contribution in [0.1, 0.15) is 29.5 Å². The van der Waals surface area contributed by atoms with Crippen molar-refractivity contribution in [2.45, 2.75) is 32.6 Å². The SMILES string of the molecule is CN=C(NCCCCSC)NCc1ccccc1COCc1ccccc1.I. The number of ether oxygens (including phenoxy) is 1. The fraction of sp³-hybridized carbons (Fsp3) is 0.409. The summed E-state index contributed by atoms with van der Waals surface area (Å²) in [7, 11) is 1.81. The molecule has 154 valence electrons. The van der Waals surface area contributed by atoms with Gasteiger partial charge in [0.2, 0.25) is 0 Å². The minimum Gasteiger partial charge on any atom is -0.372 e. The van der Waals surface area contributed by atoms with Crippen LogP contribution in [0, 0.1) is 0 Å². The molecule has 0 aliphatic carbocycles. The summed E-state index contributed by atoms with van der Waals surface area (Å²) in [5.74, 6) is 2.06. The van der Waals surface area contributed by atoms with Gasteiger partial charge in [0.15, 0.2) is 5.96 Å². The molecule has 0 amide bonds. The van der Waals surface area contributed by atoms with Gasteiger partial charge in [-0.1, -0.05) is 54.6 Å². The van der Waals surface area contributed by atoms with Crippen molar-refractivity contribution in [2.24, 2.45) is 4.99 Å². The monoisotopic (exact) mass is 513 g/mol. The molecule has 0 aliphatic rings. The number of guanidine groups is 1. The van der Waals surface area contributed by atoms with Crippen molar-refractivity contribution in [2.75, 3.05) is 25.6 Å². The standard InChI is InChI=1S/C22H31N3OS.HI/c1-23-22(24-14-8-9-15-27-2)25-16-20-12-6-7-13-21(20)18-26-17-19-10-4-3-5-11-19;/h3-7,10-13H,8-9,14-18H2,1-2H3,(H2,23,24,25);1H. The third-order valence-electron chi connectivity index (χ3n) is 4.23. The van der Waals surface area contributed by atoms with E-state index in [1.807, 2.05) is 37.0 Å². The van der Waals surface area contributed by atoms with Crippen molar-refractivity contribution in [3.8, 4) is 0 Å². The van der Waals surface area contributed by atoms with Gasteiger partial charge >= 0.3 is 0 Å². The van der Waals surface area contributed by atoms with Gasteiger partial charge in [-0.25, -0.2) is 0 Å². The van der Waals surface area contributed by atoms with E-state index in [1.165, 1.54) is 28.9 Å². The summed E-state index contributed by atoms with van der Waals surface area (Å²) < 4.78 is 5.91. The molecule has 0 saturated heterocycles. The second kappa shape index (κ2) is 15.6. The zero-order chi connectivity index (χ0) is 19.2. The normalized spacial score (nSPS) is 11.0. The highest BCUT2D eigenvalue weighted by atomic mass is 127. The third kappa shape index (κ3) is 9.80. The molecule has 6 heteroatoms. The maximum atomic E-state index is 5.91. The van der Waals surface area contributed by atoms with Crippen LogP contribution in [0.2, 0.25) is 0 Å². The lowest BCUT2D eigenvalue weighted by atomic mass is 10.1. The van der Waals surface area contributed by atoms with Crippen molar-refractivity contribution in [3.63, 3.8) is 0 Å². The summed E-state index contributed by atoms with van der Waals surface area (Å²) in [4.78, 5) is 4.31. The van der Waals surface area contributed by atoms with Crippen molar-refractivity contribution < 1.29 is 4.74 Å². The molecule has 0 aliphatic heterocycles. The average Bonchev–Trinajstić information content (AvgIpc) is 2.72. The minimum absolute atomic E-state index is 0. The van der Waals surface area contributed by atoms with Crippen LogP contribution in [0.5, 0.6) is 0 Å². The van der Waals surface area contributed by atoms with Crippen LogP contribution in [0.3, 0.4) is 0 Å². The molecule has 0 aromatic heterocycles.